The Balaban J connectivity index is 1.17. The fourth-order valence-electron chi connectivity index (χ4n) is 13.0. The van der Waals surface area contributed by atoms with Gasteiger partial charge >= 0.3 is 0 Å². The Bertz CT molecular complexity index is 4030. The molecular weight excluding hydrogens is 860 g/mol. The average molecular weight is 915 g/mol. The van der Waals surface area contributed by atoms with Crippen molar-refractivity contribution in [3.05, 3.63) is 161 Å². The van der Waals surface area contributed by atoms with Gasteiger partial charge in [-0.1, -0.05) is 147 Å². The zero-order chi connectivity index (χ0) is 46.4. The molecule has 0 radical (unpaired) electrons. The first-order chi connectivity index (χ1) is 32.6. The number of aromatic nitrogens is 1. The second kappa shape index (κ2) is 13.6. The van der Waals surface area contributed by atoms with Crippen molar-refractivity contribution in [3.8, 4) is 27.9 Å². The van der Waals surface area contributed by atoms with Gasteiger partial charge in [-0.05, 0) is 139 Å². The number of thiophene rings is 2. The second-order valence-corrected chi connectivity index (χ2v) is 25.4. The van der Waals surface area contributed by atoms with E-state index in [-0.39, 0.29) is 21.7 Å². The van der Waals surface area contributed by atoms with E-state index >= 15 is 0 Å². The van der Waals surface area contributed by atoms with E-state index < -0.39 is 0 Å². The molecular formula is C63H55BN2S2. The van der Waals surface area contributed by atoms with E-state index in [1.807, 2.05) is 22.7 Å². The van der Waals surface area contributed by atoms with E-state index in [1.54, 1.807) is 0 Å². The predicted octanol–water partition coefficient (Wildman–Crippen LogP) is 16.6. The minimum atomic E-state index is -0.273. The highest BCUT2D eigenvalue weighted by Gasteiger charge is 2.44. The number of fused-ring (bicyclic) bond motifs is 16. The van der Waals surface area contributed by atoms with Crippen LogP contribution in [0.4, 0.5) is 11.4 Å². The highest BCUT2D eigenvalue weighted by Crippen LogP contribution is 2.59. The third kappa shape index (κ3) is 5.52. The number of hydrogen-bond donors (Lipinski definition) is 1. The van der Waals surface area contributed by atoms with Crippen molar-refractivity contribution >= 4 is 114 Å². The van der Waals surface area contributed by atoms with Crippen LogP contribution in [0.25, 0.3) is 90.1 Å². The normalized spacial score (nSPS) is 16.4. The van der Waals surface area contributed by atoms with Gasteiger partial charge in [-0.25, -0.2) is 0 Å². The van der Waals surface area contributed by atoms with Gasteiger partial charge in [0, 0.05) is 79.3 Å². The molecule has 3 aromatic heterocycles. The van der Waals surface area contributed by atoms with Crippen LogP contribution >= 0.6 is 22.7 Å². The summed E-state index contributed by atoms with van der Waals surface area (Å²) < 4.78 is 8.10. The first-order valence-corrected chi connectivity index (χ1v) is 26.3. The summed E-state index contributed by atoms with van der Waals surface area (Å²) in [5.41, 5.74) is 21.8. The van der Waals surface area contributed by atoms with Crippen molar-refractivity contribution in [3.63, 3.8) is 0 Å². The largest absolute Gasteiger partial charge is 0.355 e. The van der Waals surface area contributed by atoms with E-state index in [0.29, 0.717) is 0 Å². The monoisotopic (exact) mass is 914 g/mol. The number of anilines is 2. The third-order valence-electron chi connectivity index (χ3n) is 16.8. The lowest BCUT2D eigenvalue weighted by Gasteiger charge is -2.42. The molecule has 68 heavy (non-hydrogen) atoms. The highest BCUT2D eigenvalue weighted by molar-refractivity contribution is 7.26. The van der Waals surface area contributed by atoms with Crippen LogP contribution in [0.3, 0.4) is 0 Å². The van der Waals surface area contributed by atoms with E-state index in [2.05, 4.69) is 206 Å². The topological polar surface area (TPSA) is 17.0 Å². The lowest BCUT2D eigenvalue weighted by atomic mass is 9.57. The van der Waals surface area contributed by atoms with E-state index in [0.717, 1.165) is 18.7 Å². The van der Waals surface area contributed by atoms with Gasteiger partial charge in [-0.3, -0.25) is 0 Å². The van der Waals surface area contributed by atoms with Gasteiger partial charge in [0.15, 0.2) is 7.28 Å². The van der Waals surface area contributed by atoms with Gasteiger partial charge in [-0.15, -0.1) is 22.7 Å². The van der Waals surface area contributed by atoms with Crippen molar-refractivity contribution < 1.29 is 0 Å². The smallest absolute Gasteiger partial charge is 0.198 e. The van der Waals surface area contributed by atoms with Crippen molar-refractivity contribution in [1.82, 2.24) is 4.57 Å². The predicted molar refractivity (Wildman–Crippen MR) is 300 cm³/mol. The molecule has 14 rings (SSSR count). The number of nitrogens with zero attached hydrogens (tertiary/aromatic N) is 1. The summed E-state index contributed by atoms with van der Waals surface area (Å²) in [6.07, 6.45) is 2.36. The van der Waals surface area contributed by atoms with Gasteiger partial charge in [0.1, 0.15) is 0 Å². The van der Waals surface area contributed by atoms with Gasteiger partial charge in [-0.2, -0.15) is 0 Å². The van der Waals surface area contributed by atoms with E-state index in [4.69, 9.17) is 0 Å². The van der Waals surface area contributed by atoms with Crippen LogP contribution in [0.15, 0.2) is 133 Å². The van der Waals surface area contributed by atoms with Crippen molar-refractivity contribution in [2.24, 2.45) is 0 Å². The van der Waals surface area contributed by atoms with Gasteiger partial charge in [0.05, 0.1) is 5.52 Å². The fraction of sp³-hybridized carbons (Fsp3) is 0.238. The first kappa shape index (κ1) is 40.9. The molecule has 0 amide bonds. The molecule has 11 aromatic rings. The third-order valence-corrected chi connectivity index (χ3v) is 19.0. The molecule has 1 aliphatic heterocycles. The molecule has 8 aromatic carbocycles. The standard InChI is InChI=1S/C63H55BN2S2/c1-60(2,3)34-22-24-35(25-23-34)65-47-30-40-37-17-12-15-21-51(37)67-52(40)31-41(47)56-57-54(38-18-10-13-19-43(38)63(57,8)9)55-42-28-44-45(62(6,7)27-26-61(44,4)5)32-48(42)66-49-33-53-39(29-46(49)64-58(56)59(55)66)36-16-11-14-20-50(36)68-53/h10-25,28-33,64-65H,26-27H2,1-9H3. The van der Waals surface area contributed by atoms with Crippen molar-refractivity contribution in [2.75, 3.05) is 5.32 Å². The summed E-state index contributed by atoms with van der Waals surface area (Å²) >= 11 is 3.86. The van der Waals surface area contributed by atoms with E-state index in [9.17, 15) is 0 Å². The zero-order valence-corrected chi connectivity index (χ0v) is 42.2. The van der Waals surface area contributed by atoms with Crippen LogP contribution < -0.4 is 16.2 Å². The SMILES string of the molecule is CC(C)(C)c1ccc(Nc2cc3c(cc2-c2c4c(c5c6cc7c(cc6n6c5c2Bc2cc5c(cc2-6)sc2ccccc25)C(C)(C)CCC7(C)C)-c2ccccc2C4(C)C)sc2ccccc23)cc1. The fourth-order valence-corrected chi connectivity index (χ4v) is 15.3. The maximum absolute atomic E-state index is 4.11. The van der Waals surface area contributed by atoms with Crippen molar-refractivity contribution in [1.29, 1.82) is 0 Å². The Kier molecular flexibility index (Phi) is 8.15. The van der Waals surface area contributed by atoms with Crippen LogP contribution in [0.5, 0.6) is 0 Å². The van der Waals surface area contributed by atoms with E-state index in [1.165, 1.54) is 142 Å². The molecule has 332 valence electrons. The molecule has 0 fully saturated rings. The Labute approximate surface area is 407 Å². The van der Waals surface area contributed by atoms with Crippen LogP contribution in [0.2, 0.25) is 0 Å². The average Bonchev–Trinajstić information content (AvgIpc) is 4.03. The molecule has 3 aliphatic rings. The maximum atomic E-state index is 4.11. The van der Waals surface area contributed by atoms with Gasteiger partial charge < -0.3 is 9.88 Å². The zero-order valence-electron chi connectivity index (χ0n) is 40.6. The highest BCUT2D eigenvalue weighted by atomic mass is 32.1. The molecule has 0 bridgehead atoms. The second-order valence-electron chi connectivity index (χ2n) is 23.2. The number of rotatable bonds is 3. The van der Waals surface area contributed by atoms with Crippen LogP contribution in [0.1, 0.15) is 103 Å². The molecule has 1 N–H and O–H groups in total. The summed E-state index contributed by atoms with van der Waals surface area (Å²) in [5, 5.41) is 12.3. The Morgan fingerprint density at radius 2 is 1.18 bits per heavy atom. The van der Waals surface area contributed by atoms with Crippen LogP contribution in [-0.4, -0.2) is 11.8 Å². The number of hydrogen-bond acceptors (Lipinski definition) is 3. The van der Waals surface area contributed by atoms with Crippen LogP contribution in [0, 0.1) is 0 Å². The summed E-state index contributed by atoms with van der Waals surface area (Å²) in [5.74, 6) is 0. The van der Waals surface area contributed by atoms with Crippen LogP contribution in [-0.2, 0) is 21.7 Å². The Morgan fingerprint density at radius 3 is 1.87 bits per heavy atom. The Hall–Kier alpha value is -6.14. The van der Waals surface area contributed by atoms with Gasteiger partial charge in [0.25, 0.3) is 0 Å². The van der Waals surface area contributed by atoms with Gasteiger partial charge in [0.2, 0.25) is 0 Å². The molecule has 2 nitrogen and oxygen atoms in total. The maximum Gasteiger partial charge on any atom is 0.198 e. The number of nitrogens with one attached hydrogen (secondary N) is 1. The Morgan fingerprint density at radius 1 is 0.559 bits per heavy atom. The number of benzene rings is 8. The molecule has 0 spiro atoms. The summed E-state index contributed by atoms with van der Waals surface area (Å²) in [6.45, 7) is 21.8. The lowest BCUT2D eigenvalue weighted by molar-refractivity contribution is 0.332. The lowest BCUT2D eigenvalue weighted by Crippen LogP contribution is -2.38. The molecule has 0 saturated carbocycles. The summed E-state index contributed by atoms with van der Waals surface area (Å²) in [7, 11) is 0.845. The van der Waals surface area contributed by atoms with Crippen molar-refractivity contribution in [2.45, 2.75) is 96.8 Å². The molecule has 5 heteroatoms. The minimum absolute atomic E-state index is 0.0673. The molecule has 0 atom stereocenters. The molecule has 0 saturated heterocycles. The molecule has 4 heterocycles. The summed E-state index contributed by atoms with van der Waals surface area (Å²) in [6, 6.07) is 52.0. The molecule has 2 aliphatic carbocycles. The quantitative estimate of drug-likeness (QED) is 0.175. The first-order valence-electron chi connectivity index (χ1n) is 24.7. The minimum Gasteiger partial charge on any atom is -0.355 e. The molecule has 0 unspecified atom stereocenters. The summed E-state index contributed by atoms with van der Waals surface area (Å²) in [4.78, 5) is 0.